The molecule has 0 spiro atoms. The predicted molar refractivity (Wildman–Crippen MR) is 79.7 cm³/mol. The summed E-state index contributed by atoms with van der Waals surface area (Å²) in [6.07, 6.45) is 0. The molecule has 3 heteroatoms. The average Bonchev–Trinajstić information content (AvgIpc) is 2.37. The van der Waals surface area contributed by atoms with Gasteiger partial charge in [-0.2, -0.15) is 0 Å². The highest BCUT2D eigenvalue weighted by Gasteiger charge is 2.23. The van der Waals surface area contributed by atoms with E-state index in [-0.39, 0.29) is 16.5 Å². The van der Waals surface area contributed by atoms with Crippen molar-refractivity contribution >= 4 is 5.78 Å². The molecule has 0 saturated carbocycles. The molecule has 0 heterocycles. The Balaban J connectivity index is 2.56. The second-order valence-electron chi connectivity index (χ2n) is 6.21. The van der Waals surface area contributed by atoms with E-state index in [1.807, 2.05) is 20.8 Å². The molecular formula is C18H18F2O. The monoisotopic (exact) mass is 288 g/mol. The van der Waals surface area contributed by atoms with Crippen molar-refractivity contribution in [2.45, 2.75) is 33.1 Å². The Morgan fingerprint density at radius 1 is 1.00 bits per heavy atom. The molecule has 0 fully saturated rings. The summed E-state index contributed by atoms with van der Waals surface area (Å²) in [7, 11) is 0. The van der Waals surface area contributed by atoms with Gasteiger partial charge in [-0.05, 0) is 41.7 Å². The van der Waals surface area contributed by atoms with Gasteiger partial charge in [-0.25, -0.2) is 8.78 Å². The summed E-state index contributed by atoms with van der Waals surface area (Å²) in [5.41, 5.74) is 0.942. The van der Waals surface area contributed by atoms with E-state index in [2.05, 4.69) is 0 Å². The van der Waals surface area contributed by atoms with E-state index in [0.717, 1.165) is 5.56 Å². The topological polar surface area (TPSA) is 17.1 Å². The van der Waals surface area contributed by atoms with Crippen molar-refractivity contribution in [2.75, 3.05) is 0 Å². The van der Waals surface area contributed by atoms with Gasteiger partial charge in [0.15, 0.2) is 5.78 Å². The molecule has 110 valence electrons. The standard InChI is InChI=1S/C18H18F2O/c1-11-9-12(18(2,3)4)10-15(20)16(11)17(21)13-7-5-6-8-14(13)19/h5-10H,1-4H3. The largest absolute Gasteiger partial charge is 0.288 e. The molecule has 0 bridgehead atoms. The van der Waals surface area contributed by atoms with Gasteiger partial charge in [-0.15, -0.1) is 0 Å². The SMILES string of the molecule is Cc1cc(C(C)(C)C)cc(F)c1C(=O)c1ccccc1F. The normalized spacial score (nSPS) is 11.5. The molecule has 0 saturated heterocycles. The lowest BCUT2D eigenvalue weighted by Gasteiger charge is -2.21. The minimum absolute atomic E-state index is 0.0619. The van der Waals surface area contributed by atoms with Crippen molar-refractivity contribution in [2.24, 2.45) is 0 Å². The van der Waals surface area contributed by atoms with Crippen LogP contribution in [0.4, 0.5) is 8.78 Å². The molecule has 2 rings (SSSR count). The van der Waals surface area contributed by atoms with Crippen molar-refractivity contribution in [1.82, 2.24) is 0 Å². The molecule has 0 N–H and O–H groups in total. The summed E-state index contributed by atoms with van der Waals surface area (Å²) in [6, 6.07) is 8.78. The van der Waals surface area contributed by atoms with Crippen LogP contribution in [0.2, 0.25) is 0 Å². The number of aryl methyl sites for hydroxylation is 1. The van der Waals surface area contributed by atoms with Crippen LogP contribution in [0.15, 0.2) is 36.4 Å². The molecule has 2 aromatic carbocycles. The summed E-state index contributed by atoms with van der Waals surface area (Å²) in [5.74, 6) is -1.86. The highest BCUT2D eigenvalue weighted by atomic mass is 19.1. The highest BCUT2D eigenvalue weighted by Crippen LogP contribution is 2.28. The van der Waals surface area contributed by atoms with Crippen molar-refractivity contribution in [3.05, 3.63) is 70.3 Å². The second-order valence-corrected chi connectivity index (χ2v) is 6.21. The molecule has 2 aromatic rings. The van der Waals surface area contributed by atoms with Gasteiger partial charge in [0.25, 0.3) is 0 Å². The zero-order valence-corrected chi connectivity index (χ0v) is 12.6. The van der Waals surface area contributed by atoms with Crippen molar-refractivity contribution in [1.29, 1.82) is 0 Å². The number of benzene rings is 2. The van der Waals surface area contributed by atoms with Gasteiger partial charge >= 0.3 is 0 Å². The number of hydrogen-bond donors (Lipinski definition) is 0. The third-order valence-corrected chi connectivity index (χ3v) is 3.50. The quantitative estimate of drug-likeness (QED) is 0.725. The van der Waals surface area contributed by atoms with Gasteiger partial charge in [-0.1, -0.05) is 39.0 Å². The fourth-order valence-electron chi connectivity index (χ4n) is 2.24. The van der Waals surface area contributed by atoms with Crippen LogP contribution in [0.3, 0.4) is 0 Å². The number of halogens is 2. The van der Waals surface area contributed by atoms with E-state index in [0.29, 0.717) is 5.56 Å². The first-order valence-electron chi connectivity index (χ1n) is 6.81. The number of ketones is 1. The molecule has 0 unspecified atom stereocenters. The Bertz CT molecular complexity index is 674. The van der Waals surface area contributed by atoms with Crippen LogP contribution < -0.4 is 0 Å². The van der Waals surface area contributed by atoms with Gasteiger partial charge < -0.3 is 0 Å². The lowest BCUT2D eigenvalue weighted by atomic mass is 9.84. The maximum Gasteiger partial charge on any atom is 0.199 e. The van der Waals surface area contributed by atoms with E-state index >= 15 is 0 Å². The fourth-order valence-corrected chi connectivity index (χ4v) is 2.24. The van der Waals surface area contributed by atoms with Crippen LogP contribution >= 0.6 is 0 Å². The number of carbonyl (C=O) groups excluding carboxylic acids is 1. The van der Waals surface area contributed by atoms with Crippen molar-refractivity contribution in [3.63, 3.8) is 0 Å². The Hall–Kier alpha value is -2.03. The molecule has 0 aliphatic heterocycles. The summed E-state index contributed by atoms with van der Waals surface area (Å²) < 4.78 is 28.1. The zero-order valence-electron chi connectivity index (χ0n) is 12.6. The third kappa shape index (κ3) is 3.02. The second kappa shape index (κ2) is 5.40. The van der Waals surface area contributed by atoms with E-state index < -0.39 is 17.4 Å². The molecule has 0 aliphatic rings. The minimum atomic E-state index is -0.638. The molecule has 0 amide bonds. The number of hydrogen-bond acceptors (Lipinski definition) is 1. The maximum absolute atomic E-state index is 14.4. The Kier molecular flexibility index (Phi) is 3.95. The Morgan fingerprint density at radius 2 is 1.62 bits per heavy atom. The van der Waals surface area contributed by atoms with Crippen LogP contribution in [0.25, 0.3) is 0 Å². The van der Waals surface area contributed by atoms with Gasteiger partial charge in [0.05, 0.1) is 11.1 Å². The molecule has 0 aliphatic carbocycles. The average molecular weight is 288 g/mol. The van der Waals surface area contributed by atoms with E-state index in [1.165, 1.54) is 24.3 Å². The summed E-state index contributed by atoms with van der Waals surface area (Å²) in [5, 5.41) is 0. The fraction of sp³-hybridized carbons (Fsp3) is 0.278. The van der Waals surface area contributed by atoms with Crippen molar-refractivity contribution in [3.8, 4) is 0 Å². The van der Waals surface area contributed by atoms with E-state index in [1.54, 1.807) is 19.1 Å². The lowest BCUT2D eigenvalue weighted by molar-refractivity contribution is 0.103. The number of carbonyl (C=O) groups is 1. The first-order valence-corrected chi connectivity index (χ1v) is 6.81. The lowest BCUT2D eigenvalue weighted by Crippen LogP contribution is -2.15. The van der Waals surface area contributed by atoms with Gasteiger partial charge in [0.2, 0.25) is 0 Å². The molecule has 0 radical (unpaired) electrons. The molecule has 0 aromatic heterocycles. The van der Waals surface area contributed by atoms with Crippen LogP contribution in [0.1, 0.15) is 47.8 Å². The molecule has 1 nitrogen and oxygen atoms in total. The molecule has 0 atom stereocenters. The van der Waals surface area contributed by atoms with Crippen LogP contribution in [-0.4, -0.2) is 5.78 Å². The Morgan fingerprint density at radius 3 is 2.14 bits per heavy atom. The highest BCUT2D eigenvalue weighted by molar-refractivity contribution is 6.10. The zero-order chi connectivity index (χ0) is 15.8. The predicted octanol–water partition coefficient (Wildman–Crippen LogP) is 4.80. The van der Waals surface area contributed by atoms with E-state index in [9.17, 15) is 13.6 Å². The maximum atomic E-state index is 14.4. The number of rotatable bonds is 2. The summed E-state index contributed by atoms with van der Waals surface area (Å²) >= 11 is 0. The van der Waals surface area contributed by atoms with Gasteiger partial charge in [-0.3, -0.25) is 4.79 Å². The van der Waals surface area contributed by atoms with Gasteiger partial charge in [0.1, 0.15) is 11.6 Å². The molecule has 21 heavy (non-hydrogen) atoms. The minimum Gasteiger partial charge on any atom is -0.288 e. The summed E-state index contributed by atoms with van der Waals surface area (Å²) in [6.45, 7) is 7.59. The summed E-state index contributed by atoms with van der Waals surface area (Å²) in [4.78, 5) is 12.4. The van der Waals surface area contributed by atoms with Crippen LogP contribution in [-0.2, 0) is 5.41 Å². The van der Waals surface area contributed by atoms with E-state index in [4.69, 9.17) is 0 Å². The van der Waals surface area contributed by atoms with Crippen LogP contribution in [0.5, 0.6) is 0 Å². The van der Waals surface area contributed by atoms with Crippen molar-refractivity contribution < 1.29 is 13.6 Å². The third-order valence-electron chi connectivity index (χ3n) is 3.50. The smallest absolute Gasteiger partial charge is 0.199 e. The van der Waals surface area contributed by atoms with Crippen LogP contribution in [0, 0.1) is 18.6 Å². The first-order chi connectivity index (χ1) is 9.71. The first kappa shape index (κ1) is 15.4. The Labute approximate surface area is 123 Å². The molecular weight excluding hydrogens is 270 g/mol. The van der Waals surface area contributed by atoms with Gasteiger partial charge in [0, 0.05) is 0 Å².